The molecule has 1 heterocycles. The van der Waals surface area contributed by atoms with Gasteiger partial charge in [-0.25, -0.2) is 13.6 Å². The number of sulfonamides is 1. The zero-order chi connectivity index (χ0) is 8.48. The Morgan fingerprint density at radius 3 is 2.64 bits per heavy atom. The molecule has 0 amide bonds. The summed E-state index contributed by atoms with van der Waals surface area (Å²) in [6.07, 6.45) is 1.78. The van der Waals surface area contributed by atoms with Gasteiger partial charge in [0.05, 0.1) is 0 Å². The van der Waals surface area contributed by atoms with E-state index in [1.54, 1.807) is 29.9 Å². The molecule has 11 heavy (non-hydrogen) atoms. The van der Waals surface area contributed by atoms with Gasteiger partial charge in [0, 0.05) is 18.9 Å². The Hall–Kier alpha value is -0.810. The van der Waals surface area contributed by atoms with Gasteiger partial charge in [-0.1, -0.05) is 0 Å². The highest BCUT2D eigenvalue weighted by Gasteiger charge is 2.06. The van der Waals surface area contributed by atoms with Crippen molar-refractivity contribution >= 4 is 10.0 Å². The maximum absolute atomic E-state index is 10.6. The van der Waals surface area contributed by atoms with E-state index in [-0.39, 0.29) is 5.75 Å². The second-order valence-electron chi connectivity index (χ2n) is 2.42. The summed E-state index contributed by atoms with van der Waals surface area (Å²) in [6, 6.07) is 3.50. The first-order valence-corrected chi connectivity index (χ1v) is 4.81. The molecule has 0 aliphatic heterocycles. The lowest BCUT2D eigenvalue weighted by Crippen LogP contribution is -2.16. The van der Waals surface area contributed by atoms with Gasteiger partial charge in [-0.15, -0.1) is 0 Å². The van der Waals surface area contributed by atoms with Crippen molar-refractivity contribution in [3.8, 4) is 0 Å². The minimum absolute atomic E-state index is 0.101. The maximum Gasteiger partial charge on any atom is 0.214 e. The summed E-state index contributed by atoms with van der Waals surface area (Å²) in [7, 11) is -1.61. The van der Waals surface area contributed by atoms with Gasteiger partial charge in [-0.3, -0.25) is 0 Å². The SMILES string of the molecule is Cn1cccc1CS(N)(=O)=O. The summed E-state index contributed by atoms with van der Waals surface area (Å²) in [5, 5.41) is 4.85. The summed E-state index contributed by atoms with van der Waals surface area (Å²) < 4.78 is 23.0. The van der Waals surface area contributed by atoms with E-state index in [1.165, 1.54) is 0 Å². The topological polar surface area (TPSA) is 65.1 Å². The van der Waals surface area contributed by atoms with Gasteiger partial charge in [-0.05, 0) is 12.1 Å². The molecule has 5 heteroatoms. The molecule has 0 aliphatic carbocycles. The van der Waals surface area contributed by atoms with E-state index in [9.17, 15) is 8.42 Å². The number of hydrogen-bond donors (Lipinski definition) is 1. The van der Waals surface area contributed by atoms with E-state index in [4.69, 9.17) is 5.14 Å². The van der Waals surface area contributed by atoms with E-state index in [0.717, 1.165) is 0 Å². The van der Waals surface area contributed by atoms with E-state index in [1.807, 2.05) is 0 Å². The van der Waals surface area contributed by atoms with Crippen molar-refractivity contribution in [3.05, 3.63) is 24.0 Å². The molecule has 0 saturated carbocycles. The van der Waals surface area contributed by atoms with Gasteiger partial charge in [0.15, 0.2) is 0 Å². The fourth-order valence-corrected chi connectivity index (χ4v) is 1.56. The van der Waals surface area contributed by atoms with Crippen LogP contribution in [0.15, 0.2) is 18.3 Å². The third-order valence-electron chi connectivity index (χ3n) is 1.40. The van der Waals surface area contributed by atoms with Gasteiger partial charge >= 0.3 is 0 Å². The lowest BCUT2D eigenvalue weighted by Gasteiger charge is -1.99. The first-order chi connectivity index (χ1) is 4.99. The molecular weight excluding hydrogens is 164 g/mol. The van der Waals surface area contributed by atoms with E-state index < -0.39 is 10.0 Å². The molecule has 0 fully saturated rings. The molecule has 1 aromatic heterocycles. The largest absolute Gasteiger partial charge is 0.353 e. The van der Waals surface area contributed by atoms with Gasteiger partial charge in [-0.2, -0.15) is 0 Å². The summed E-state index contributed by atoms with van der Waals surface area (Å²) in [5.74, 6) is -0.101. The zero-order valence-electron chi connectivity index (χ0n) is 6.19. The van der Waals surface area contributed by atoms with Crippen LogP contribution in [-0.2, 0) is 22.8 Å². The molecule has 0 saturated heterocycles. The van der Waals surface area contributed by atoms with Gasteiger partial charge in [0.25, 0.3) is 0 Å². The average molecular weight is 174 g/mol. The Labute approximate surface area is 65.7 Å². The van der Waals surface area contributed by atoms with Crippen LogP contribution in [-0.4, -0.2) is 13.0 Å². The molecule has 1 rings (SSSR count). The van der Waals surface area contributed by atoms with E-state index in [0.29, 0.717) is 5.69 Å². The van der Waals surface area contributed by atoms with Crippen molar-refractivity contribution < 1.29 is 8.42 Å². The third-order valence-corrected chi connectivity index (χ3v) is 2.10. The summed E-state index contributed by atoms with van der Waals surface area (Å²) in [4.78, 5) is 0. The van der Waals surface area contributed by atoms with Crippen molar-refractivity contribution in [1.29, 1.82) is 0 Å². The van der Waals surface area contributed by atoms with Crippen LogP contribution in [0, 0.1) is 0 Å². The molecule has 0 aliphatic rings. The van der Waals surface area contributed by atoms with Crippen LogP contribution in [0.3, 0.4) is 0 Å². The van der Waals surface area contributed by atoms with Gasteiger partial charge in [0.2, 0.25) is 10.0 Å². The fourth-order valence-electron chi connectivity index (χ4n) is 0.853. The second-order valence-corrected chi connectivity index (χ2v) is 4.03. The van der Waals surface area contributed by atoms with Gasteiger partial charge < -0.3 is 4.57 Å². The van der Waals surface area contributed by atoms with E-state index >= 15 is 0 Å². The molecule has 0 bridgehead atoms. The third kappa shape index (κ3) is 2.36. The number of hydrogen-bond acceptors (Lipinski definition) is 2. The Balaban J connectivity index is 2.89. The minimum atomic E-state index is -3.39. The molecule has 4 nitrogen and oxygen atoms in total. The first-order valence-electron chi connectivity index (χ1n) is 3.10. The van der Waals surface area contributed by atoms with Gasteiger partial charge in [0.1, 0.15) is 5.75 Å². The minimum Gasteiger partial charge on any atom is -0.353 e. The zero-order valence-corrected chi connectivity index (χ0v) is 7.00. The molecular formula is C6H10N2O2S. The second kappa shape index (κ2) is 2.67. The van der Waals surface area contributed by atoms with Crippen LogP contribution in [0.5, 0.6) is 0 Å². The smallest absolute Gasteiger partial charge is 0.214 e. The van der Waals surface area contributed by atoms with E-state index in [2.05, 4.69) is 0 Å². The Morgan fingerprint density at radius 1 is 1.64 bits per heavy atom. The lowest BCUT2D eigenvalue weighted by molar-refractivity contribution is 0.595. The van der Waals surface area contributed by atoms with Crippen molar-refractivity contribution in [2.75, 3.05) is 0 Å². The van der Waals surface area contributed by atoms with Crippen LogP contribution in [0.1, 0.15) is 5.69 Å². The summed E-state index contributed by atoms with van der Waals surface area (Å²) in [6.45, 7) is 0. The standard InChI is InChI=1S/C6H10N2O2S/c1-8-4-2-3-6(8)5-11(7,9)10/h2-4H,5H2,1H3,(H2,7,9,10). The molecule has 0 unspecified atom stereocenters. The molecule has 62 valence electrons. The predicted octanol–water partition coefficient (Wildman–Crippen LogP) is -0.186. The van der Waals surface area contributed by atoms with Crippen LogP contribution in [0.2, 0.25) is 0 Å². The Morgan fingerprint density at radius 2 is 2.27 bits per heavy atom. The Kier molecular flexibility index (Phi) is 2.01. The van der Waals surface area contributed by atoms with Crippen molar-refractivity contribution in [3.63, 3.8) is 0 Å². The highest BCUT2D eigenvalue weighted by Crippen LogP contribution is 2.02. The molecule has 0 aromatic carbocycles. The quantitative estimate of drug-likeness (QED) is 0.675. The molecule has 0 atom stereocenters. The number of aromatic nitrogens is 1. The van der Waals surface area contributed by atoms with Crippen LogP contribution in [0.25, 0.3) is 0 Å². The number of nitrogens with two attached hydrogens (primary N) is 1. The monoisotopic (exact) mass is 174 g/mol. The van der Waals surface area contributed by atoms with Crippen LogP contribution >= 0.6 is 0 Å². The molecule has 1 aromatic rings. The van der Waals surface area contributed by atoms with Crippen molar-refractivity contribution in [2.45, 2.75) is 5.75 Å². The number of aryl methyl sites for hydroxylation is 1. The van der Waals surface area contributed by atoms with Crippen molar-refractivity contribution in [1.82, 2.24) is 4.57 Å². The highest BCUT2D eigenvalue weighted by atomic mass is 32.2. The fraction of sp³-hybridized carbons (Fsp3) is 0.333. The summed E-state index contributed by atoms with van der Waals surface area (Å²) >= 11 is 0. The molecule has 0 spiro atoms. The summed E-state index contributed by atoms with van der Waals surface area (Å²) in [5.41, 5.74) is 0.701. The maximum atomic E-state index is 10.6. The molecule has 0 radical (unpaired) electrons. The number of rotatable bonds is 2. The normalized spacial score (nSPS) is 11.8. The first kappa shape index (κ1) is 8.29. The average Bonchev–Trinajstić information content (AvgIpc) is 2.12. The predicted molar refractivity (Wildman–Crippen MR) is 42.2 cm³/mol. The number of primary sulfonamides is 1. The molecule has 2 N–H and O–H groups in total. The van der Waals surface area contributed by atoms with Crippen molar-refractivity contribution in [2.24, 2.45) is 12.2 Å². The Bertz CT molecular complexity index is 339. The highest BCUT2D eigenvalue weighted by molar-refractivity contribution is 7.88. The van der Waals surface area contributed by atoms with Crippen LogP contribution < -0.4 is 5.14 Å². The lowest BCUT2D eigenvalue weighted by atomic mass is 10.5. The number of nitrogens with zero attached hydrogens (tertiary/aromatic N) is 1. The van der Waals surface area contributed by atoms with Crippen LogP contribution in [0.4, 0.5) is 0 Å².